The van der Waals surface area contributed by atoms with Crippen LogP contribution in [0, 0.1) is 6.92 Å². The molecule has 26 heavy (non-hydrogen) atoms. The topological polar surface area (TPSA) is 59.6 Å². The quantitative estimate of drug-likeness (QED) is 0.821. The van der Waals surface area contributed by atoms with Crippen LogP contribution >= 0.6 is 11.6 Å². The Morgan fingerprint density at radius 3 is 2.81 bits per heavy atom. The number of ether oxygens (including phenoxy) is 2. The van der Waals surface area contributed by atoms with Crippen molar-refractivity contribution < 1.29 is 14.3 Å². The predicted molar refractivity (Wildman–Crippen MR) is 105 cm³/mol. The maximum Gasteiger partial charge on any atom is 0.267 e. The van der Waals surface area contributed by atoms with Gasteiger partial charge in [0.05, 0.1) is 30.1 Å². The molecule has 5 nitrogen and oxygen atoms in total. The lowest BCUT2D eigenvalue weighted by Gasteiger charge is -2.27. The first-order valence-electron chi connectivity index (χ1n) is 8.58. The lowest BCUT2D eigenvalue weighted by molar-refractivity contribution is -0.122. The van der Waals surface area contributed by atoms with Gasteiger partial charge in [0.2, 0.25) is 0 Å². The van der Waals surface area contributed by atoms with Crippen molar-refractivity contribution in [2.24, 2.45) is 0 Å². The van der Waals surface area contributed by atoms with E-state index in [0.717, 1.165) is 16.8 Å². The minimum Gasteiger partial charge on any atom is -0.496 e. The standard InChI is InChI=1S/C20H23ClN2O3/c1-11(2)13-8-14(21)16(9-17(13)25-4)23-20(24)19-10-22-15-6-5-12(3)7-18(15)26-19/h5-9,11,19,22H,10H2,1-4H3,(H,23,24). The fourth-order valence-electron chi connectivity index (χ4n) is 2.92. The van der Waals surface area contributed by atoms with Crippen molar-refractivity contribution in [2.75, 3.05) is 24.3 Å². The number of benzene rings is 2. The van der Waals surface area contributed by atoms with Crippen molar-refractivity contribution in [2.45, 2.75) is 32.8 Å². The summed E-state index contributed by atoms with van der Waals surface area (Å²) < 4.78 is 11.3. The van der Waals surface area contributed by atoms with Gasteiger partial charge in [0, 0.05) is 6.07 Å². The SMILES string of the molecule is COc1cc(NC(=O)C2CNc3ccc(C)cc3O2)c(Cl)cc1C(C)C. The van der Waals surface area contributed by atoms with Gasteiger partial charge in [0.1, 0.15) is 11.5 Å². The zero-order valence-electron chi connectivity index (χ0n) is 15.4. The number of hydrogen-bond acceptors (Lipinski definition) is 4. The van der Waals surface area contributed by atoms with Crippen LogP contribution in [-0.4, -0.2) is 25.7 Å². The Balaban J connectivity index is 1.78. The molecule has 0 saturated carbocycles. The summed E-state index contributed by atoms with van der Waals surface area (Å²) in [5, 5.41) is 6.55. The van der Waals surface area contributed by atoms with E-state index in [1.54, 1.807) is 13.2 Å². The molecular weight excluding hydrogens is 352 g/mol. The summed E-state index contributed by atoms with van der Waals surface area (Å²) in [5.41, 5.74) is 3.47. The molecule has 0 bridgehead atoms. The van der Waals surface area contributed by atoms with Crippen LogP contribution in [0.5, 0.6) is 11.5 Å². The van der Waals surface area contributed by atoms with E-state index in [4.69, 9.17) is 21.1 Å². The number of methoxy groups -OCH3 is 1. The largest absolute Gasteiger partial charge is 0.496 e. The van der Waals surface area contributed by atoms with E-state index in [2.05, 4.69) is 24.5 Å². The van der Waals surface area contributed by atoms with E-state index in [1.165, 1.54) is 0 Å². The van der Waals surface area contributed by atoms with Gasteiger partial charge in [-0.2, -0.15) is 0 Å². The summed E-state index contributed by atoms with van der Waals surface area (Å²) in [7, 11) is 1.61. The zero-order valence-corrected chi connectivity index (χ0v) is 16.1. The number of aryl methyl sites for hydroxylation is 1. The molecule has 1 amide bonds. The number of anilines is 2. The van der Waals surface area contributed by atoms with Gasteiger partial charge in [-0.05, 0) is 42.2 Å². The zero-order chi connectivity index (χ0) is 18.8. The van der Waals surface area contributed by atoms with Crippen LogP contribution in [0.1, 0.15) is 30.9 Å². The van der Waals surface area contributed by atoms with Crippen molar-refractivity contribution in [3.05, 3.63) is 46.5 Å². The minimum absolute atomic E-state index is 0.258. The fourth-order valence-corrected chi connectivity index (χ4v) is 3.14. The predicted octanol–water partition coefficient (Wildman–Crippen LogP) is 4.59. The summed E-state index contributed by atoms with van der Waals surface area (Å²) in [4.78, 5) is 12.7. The van der Waals surface area contributed by atoms with Crippen molar-refractivity contribution in [1.82, 2.24) is 0 Å². The first kappa shape index (κ1) is 18.4. The molecule has 1 aliphatic heterocycles. The van der Waals surface area contributed by atoms with Gasteiger partial charge in [-0.15, -0.1) is 0 Å². The molecule has 2 aromatic carbocycles. The Hall–Kier alpha value is -2.40. The molecule has 138 valence electrons. The number of hydrogen-bond donors (Lipinski definition) is 2. The first-order chi connectivity index (χ1) is 12.4. The molecule has 0 spiro atoms. The average molecular weight is 375 g/mol. The first-order valence-corrected chi connectivity index (χ1v) is 8.96. The Morgan fingerprint density at radius 2 is 2.12 bits per heavy atom. The molecule has 0 radical (unpaired) electrons. The number of fused-ring (bicyclic) bond motifs is 1. The Kier molecular flexibility index (Phi) is 5.28. The maximum atomic E-state index is 12.7. The van der Waals surface area contributed by atoms with E-state index in [1.807, 2.05) is 31.2 Å². The lowest BCUT2D eigenvalue weighted by Crippen LogP contribution is -2.41. The molecule has 0 saturated heterocycles. The van der Waals surface area contributed by atoms with Gasteiger partial charge in [-0.25, -0.2) is 0 Å². The highest BCUT2D eigenvalue weighted by molar-refractivity contribution is 6.34. The second kappa shape index (κ2) is 7.46. The summed E-state index contributed by atoms with van der Waals surface area (Å²) in [6, 6.07) is 9.45. The monoisotopic (exact) mass is 374 g/mol. The smallest absolute Gasteiger partial charge is 0.267 e. The average Bonchev–Trinajstić information content (AvgIpc) is 2.62. The van der Waals surface area contributed by atoms with Crippen LogP contribution in [0.15, 0.2) is 30.3 Å². The fraction of sp³-hybridized carbons (Fsp3) is 0.350. The highest BCUT2D eigenvalue weighted by Gasteiger charge is 2.27. The Labute approximate surface area is 158 Å². The van der Waals surface area contributed by atoms with E-state index in [0.29, 0.717) is 28.8 Å². The molecule has 0 aliphatic carbocycles. The molecule has 0 aromatic heterocycles. The maximum absolute atomic E-state index is 12.7. The summed E-state index contributed by atoms with van der Waals surface area (Å²) in [5.74, 6) is 1.38. The third-order valence-corrected chi connectivity index (χ3v) is 4.69. The van der Waals surface area contributed by atoms with Gasteiger partial charge in [-0.3, -0.25) is 4.79 Å². The number of rotatable bonds is 4. The van der Waals surface area contributed by atoms with Crippen molar-refractivity contribution in [3.8, 4) is 11.5 Å². The number of carbonyl (C=O) groups is 1. The Bertz CT molecular complexity index is 836. The third-order valence-electron chi connectivity index (χ3n) is 4.38. The van der Waals surface area contributed by atoms with Gasteiger partial charge >= 0.3 is 0 Å². The molecule has 1 atom stereocenters. The molecule has 3 rings (SSSR count). The second-order valence-electron chi connectivity index (χ2n) is 6.70. The normalized spacial score (nSPS) is 15.7. The summed E-state index contributed by atoms with van der Waals surface area (Å²) >= 11 is 6.36. The minimum atomic E-state index is -0.642. The van der Waals surface area contributed by atoms with Crippen LogP contribution < -0.4 is 20.1 Å². The van der Waals surface area contributed by atoms with Gasteiger partial charge in [-0.1, -0.05) is 31.5 Å². The molecule has 2 aromatic rings. The molecule has 2 N–H and O–H groups in total. The highest BCUT2D eigenvalue weighted by Crippen LogP contribution is 2.35. The van der Waals surface area contributed by atoms with E-state index >= 15 is 0 Å². The van der Waals surface area contributed by atoms with Crippen molar-refractivity contribution in [3.63, 3.8) is 0 Å². The Morgan fingerprint density at radius 1 is 1.35 bits per heavy atom. The highest BCUT2D eigenvalue weighted by atomic mass is 35.5. The number of amides is 1. The van der Waals surface area contributed by atoms with Crippen LogP contribution in [0.2, 0.25) is 5.02 Å². The molecule has 1 heterocycles. The molecule has 1 unspecified atom stereocenters. The molecule has 6 heteroatoms. The lowest BCUT2D eigenvalue weighted by atomic mass is 10.0. The number of halogens is 1. The third kappa shape index (κ3) is 3.73. The van der Waals surface area contributed by atoms with Crippen molar-refractivity contribution in [1.29, 1.82) is 0 Å². The van der Waals surface area contributed by atoms with Gasteiger partial charge in [0.25, 0.3) is 5.91 Å². The van der Waals surface area contributed by atoms with Gasteiger partial charge < -0.3 is 20.1 Å². The number of nitrogens with one attached hydrogen (secondary N) is 2. The van der Waals surface area contributed by atoms with E-state index in [-0.39, 0.29) is 11.8 Å². The van der Waals surface area contributed by atoms with Crippen molar-refractivity contribution >= 4 is 28.9 Å². The van der Waals surface area contributed by atoms with E-state index < -0.39 is 6.10 Å². The van der Waals surface area contributed by atoms with Crippen LogP contribution in [0.25, 0.3) is 0 Å². The molecular formula is C20H23ClN2O3. The van der Waals surface area contributed by atoms with Crippen LogP contribution in [0.3, 0.4) is 0 Å². The second-order valence-corrected chi connectivity index (χ2v) is 7.11. The summed E-state index contributed by atoms with van der Waals surface area (Å²) in [6.45, 7) is 6.50. The van der Waals surface area contributed by atoms with E-state index in [9.17, 15) is 4.79 Å². The molecule has 0 fully saturated rings. The molecule has 1 aliphatic rings. The van der Waals surface area contributed by atoms with Gasteiger partial charge in [0.15, 0.2) is 6.10 Å². The number of carbonyl (C=O) groups excluding carboxylic acids is 1. The summed E-state index contributed by atoms with van der Waals surface area (Å²) in [6.07, 6.45) is -0.642. The van der Waals surface area contributed by atoms with Crippen LogP contribution in [0.4, 0.5) is 11.4 Å². The van der Waals surface area contributed by atoms with Crippen LogP contribution in [-0.2, 0) is 4.79 Å².